The molecule has 0 radical (unpaired) electrons. The third-order valence-corrected chi connectivity index (χ3v) is 9.07. The first-order valence-electron chi connectivity index (χ1n) is 13.2. The van der Waals surface area contributed by atoms with Crippen molar-refractivity contribution in [3.05, 3.63) is 34.9 Å². The highest BCUT2D eigenvalue weighted by atomic mass is 16.4. The van der Waals surface area contributed by atoms with Crippen molar-refractivity contribution in [1.29, 1.82) is 0 Å². The molecule has 2 N–H and O–H groups in total. The second kappa shape index (κ2) is 11.4. The molecule has 2 aliphatic rings. The Bertz CT molecular complexity index is 842. The molecule has 0 spiro atoms. The summed E-state index contributed by atoms with van der Waals surface area (Å²) in [5.74, 6) is 0.100. The molecule has 4 heteroatoms. The monoisotopic (exact) mass is 472 g/mol. The van der Waals surface area contributed by atoms with Crippen LogP contribution in [-0.2, 0) is 9.59 Å². The van der Waals surface area contributed by atoms with Gasteiger partial charge in [-0.05, 0) is 103 Å². The van der Waals surface area contributed by atoms with Crippen LogP contribution >= 0.6 is 0 Å². The number of hydrogen-bond acceptors (Lipinski definition) is 3. The van der Waals surface area contributed by atoms with Crippen molar-refractivity contribution in [1.82, 2.24) is 0 Å². The molecule has 2 saturated carbocycles. The maximum absolute atomic E-state index is 12.6. The SMILES string of the molecule is CC(=CCCC(C)=CCC[C@@H]1[C@@]2(C)CCC(=O)C(C)(C)[C@@H]2CC[C@@]1(C)O)CCC=C(C)C(=O)O. The lowest BCUT2D eigenvalue weighted by Gasteiger charge is -2.60. The van der Waals surface area contributed by atoms with Crippen molar-refractivity contribution in [2.75, 3.05) is 0 Å². The number of aliphatic carboxylic acids is 1. The van der Waals surface area contributed by atoms with E-state index < -0.39 is 11.6 Å². The van der Waals surface area contributed by atoms with Crippen LogP contribution in [0.25, 0.3) is 0 Å². The van der Waals surface area contributed by atoms with Crippen molar-refractivity contribution in [2.24, 2.45) is 22.7 Å². The fourth-order valence-corrected chi connectivity index (χ4v) is 6.82. The van der Waals surface area contributed by atoms with Gasteiger partial charge in [-0.3, -0.25) is 4.79 Å². The fraction of sp³-hybridized carbons (Fsp3) is 0.733. The second-order valence-corrected chi connectivity index (χ2v) is 12.1. The minimum absolute atomic E-state index is 0.00813. The molecule has 34 heavy (non-hydrogen) atoms. The van der Waals surface area contributed by atoms with Crippen LogP contribution in [0.15, 0.2) is 34.9 Å². The van der Waals surface area contributed by atoms with Crippen molar-refractivity contribution in [3.8, 4) is 0 Å². The second-order valence-electron chi connectivity index (χ2n) is 12.1. The Morgan fingerprint density at radius 1 is 0.941 bits per heavy atom. The Balaban J connectivity index is 1.92. The molecule has 0 aromatic heterocycles. The smallest absolute Gasteiger partial charge is 0.330 e. The number of carbonyl (C=O) groups excluding carboxylic acids is 1. The number of fused-ring (bicyclic) bond motifs is 1. The summed E-state index contributed by atoms with van der Waals surface area (Å²) >= 11 is 0. The number of ketones is 1. The molecule has 192 valence electrons. The highest BCUT2D eigenvalue weighted by Gasteiger charge is 2.59. The van der Waals surface area contributed by atoms with Crippen LogP contribution in [0, 0.1) is 22.7 Å². The third kappa shape index (κ3) is 6.71. The number of aliphatic hydroxyl groups is 1. The van der Waals surface area contributed by atoms with Crippen LogP contribution in [0.2, 0.25) is 0 Å². The first-order chi connectivity index (χ1) is 15.7. The molecule has 0 aliphatic heterocycles. The lowest BCUT2D eigenvalue weighted by atomic mass is 9.45. The van der Waals surface area contributed by atoms with Crippen LogP contribution < -0.4 is 0 Å². The zero-order chi connectivity index (χ0) is 25.7. The van der Waals surface area contributed by atoms with Crippen LogP contribution in [0.3, 0.4) is 0 Å². The maximum atomic E-state index is 12.6. The highest BCUT2D eigenvalue weighted by Crippen LogP contribution is 2.62. The van der Waals surface area contributed by atoms with Gasteiger partial charge in [0.05, 0.1) is 5.60 Å². The van der Waals surface area contributed by atoms with Gasteiger partial charge in [0.2, 0.25) is 0 Å². The van der Waals surface area contributed by atoms with Gasteiger partial charge in [0, 0.05) is 17.4 Å². The van der Waals surface area contributed by atoms with E-state index in [1.54, 1.807) is 13.0 Å². The quantitative estimate of drug-likeness (QED) is 0.256. The van der Waals surface area contributed by atoms with Gasteiger partial charge in [-0.2, -0.15) is 0 Å². The third-order valence-electron chi connectivity index (χ3n) is 9.07. The van der Waals surface area contributed by atoms with E-state index in [1.807, 2.05) is 6.92 Å². The topological polar surface area (TPSA) is 74.6 Å². The number of rotatable bonds is 10. The van der Waals surface area contributed by atoms with Crippen molar-refractivity contribution in [3.63, 3.8) is 0 Å². The Labute approximate surface area is 207 Å². The number of carbonyl (C=O) groups is 2. The summed E-state index contributed by atoms with van der Waals surface area (Å²) in [6.07, 6.45) is 15.2. The van der Waals surface area contributed by atoms with Crippen molar-refractivity contribution < 1.29 is 19.8 Å². The number of carboxylic acid groups (broad SMARTS) is 1. The highest BCUT2D eigenvalue weighted by molar-refractivity contribution is 5.86. The largest absolute Gasteiger partial charge is 0.478 e. The summed E-state index contributed by atoms with van der Waals surface area (Å²) in [6.45, 7) is 14.5. The minimum atomic E-state index is -0.845. The van der Waals surface area contributed by atoms with Gasteiger partial charge in [0.1, 0.15) is 5.78 Å². The van der Waals surface area contributed by atoms with E-state index in [9.17, 15) is 14.7 Å². The van der Waals surface area contributed by atoms with E-state index in [1.165, 1.54) is 11.1 Å². The normalized spacial score (nSPS) is 32.5. The summed E-state index contributed by atoms with van der Waals surface area (Å²) in [5.41, 5.74) is 2.13. The molecule has 0 aromatic carbocycles. The number of allylic oxidation sites excluding steroid dienone is 5. The molecule has 0 saturated heterocycles. The molecule has 0 aromatic rings. The van der Waals surface area contributed by atoms with Gasteiger partial charge < -0.3 is 10.2 Å². The number of hydrogen-bond donors (Lipinski definition) is 2. The van der Waals surface area contributed by atoms with Gasteiger partial charge in [0.15, 0.2) is 0 Å². The Morgan fingerprint density at radius 2 is 1.50 bits per heavy atom. The Hall–Kier alpha value is -1.68. The molecular formula is C30H48O4. The molecule has 2 fully saturated rings. The van der Waals surface area contributed by atoms with E-state index in [2.05, 4.69) is 46.8 Å². The summed E-state index contributed by atoms with van der Waals surface area (Å²) < 4.78 is 0. The molecule has 2 aliphatic carbocycles. The molecular weight excluding hydrogens is 424 g/mol. The molecule has 2 rings (SSSR count). The first-order valence-corrected chi connectivity index (χ1v) is 13.2. The van der Waals surface area contributed by atoms with Crippen LogP contribution in [0.1, 0.15) is 113 Å². The van der Waals surface area contributed by atoms with E-state index >= 15 is 0 Å². The summed E-state index contributed by atoms with van der Waals surface area (Å²) in [4.78, 5) is 23.5. The predicted molar refractivity (Wildman–Crippen MR) is 140 cm³/mol. The van der Waals surface area contributed by atoms with E-state index in [0.29, 0.717) is 23.7 Å². The number of Topliss-reactive ketones (excluding diaryl/α,β-unsaturated/α-hetero) is 1. The summed E-state index contributed by atoms with van der Waals surface area (Å²) in [6, 6.07) is 0. The molecule has 0 heterocycles. The Kier molecular flexibility index (Phi) is 9.55. The van der Waals surface area contributed by atoms with E-state index in [0.717, 1.165) is 57.8 Å². The van der Waals surface area contributed by atoms with Gasteiger partial charge >= 0.3 is 5.97 Å². The van der Waals surface area contributed by atoms with Gasteiger partial charge in [-0.15, -0.1) is 0 Å². The maximum Gasteiger partial charge on any atom is 0.330 e. The zero-order valence-corrected chi connectivity index (χ0v) is 22.7. The van der Waals surface area contributed by atoms with Crippen LogP contribution in [0.5, 0.6) is 0 Å². The molecule has 0 bridgehead atoms. The summed E-state index contributed by atoms with van der Waals surface area (Å²) in [7, 11) is 0. The molecule has 0 unspecified atom stereocenters. The molecule has 0 amide bonds. The zero-order valence-electron chi connectivity index (χ0n) is 22.7. The van der Waals surface area contributed by atoms with Crippen molar-refractivity contribution >= 4 is 11.8 Å². The van der Waals surface area contributed by atoms with Crippen LogP contribution in [-0.4, -0.2) is 27.6 Å². The predicted octanol–water partition coefficient (Wildman–Crippen LogP) is 7.42. The minimum Gasteiger partial charge on any atom is -0.478 e. The standard InChI is InChI=1S/C30H48O4/c1-21(13-9-15-23(3)27(32)33)11-8-12-22(2)14-10-16-25-29(6)19-18-26(31)28(4,5)24(29)17-20-30(25,7)34/h11,14-15,24-25,34H,8-10,12-13,16-20H2,1-7H3,(H,32,33)/t24-,25+,29-,30+/m0/s1. The molecule has 4 nitrogen and oxygen atoms in total. The van der Waals surface area contributed by atoms with E-state index in [4.69, 9.17) is 5.11 Å². The molecule has 4 atom stereocenters. The van der Waals surface area contributed by atoms with Gasteiger partial charge in [0.25, 0.3) is 0 Å². The summed E-state index contributed by atoms with van der Waals surface area (Å²) in [5, 5.41) is 20.2. The average Bonchev–Trinajstić information content (AvgIpc) is 2.72. The van der Waals surface area contributed by atoms with E-state index in [-0.39, 0.29) is 16.7 Å². The van der Waals surface area contributed by atoms with Gasteiger partial charge in [-0.1, -0.05) is 50.1 Å². The van der Waals surface area contributed by atoms with Crippen molar-refractivity contribution in [2.45, 2.75) is 118 Å². The fourth-order valence-electron chi connectivity index (χ4n) is 6.82. The van der Waals surface area contributed by atoms with Gasteiger partial charge in [-0.25, -0.2) is 4.79 Å². The van der Waals surface area contributed by atoms with Crippen LogP contribution in [0.4, 0.5) is 0 Å². The first kappa shape index (κ1) is 28.6. The average molecular weight is 473 g/mol. The lowest BCUT2D eigenvalue weighted by molar-refractivity contribution is -0.177. The number of carboxylic acids is 1. The lowest BCUT2D eigenvalue weighted by Crippen LogP contribution is -2.59. The Morgan fingerprint density at radius 3 is 2.09 bits per heavy atom.